The quantitative estimate of drug-likeness (QED) is 0.435. The lowest BCUT2D eigenvalue weighted by Gasteiger charge is -2.32. The second kappa shape index (κ2) is 6.12. The predicted molar refractivity (Wildman–Crippen MR) is 91.1 cm³/mol. The Morgan fingerprint density at radius 1 is 1.25 bits per heavy atom. The van der Waals surface area contributed by atoms with E-state index in [1.54, 1.807) is 6.20 Å². The van der Waals surface area contributed by atoms with Crippen LogP contribution in [0.15, 0.2) is 18.3 Å². The molecule has 0 N–H and O–H groups in total. The van der Waals surface area contributed by atoms with Crippen LogP contribution in [0.3, 0.4) is 0 Å². The first kappa shape index (κ1) is 16.5. The van der Waals surface area contributed by atoms with E-state index in [9.17, 15) is 0 Å². The third kappa shape index (κ3) is 3.32. The molecule has 110 valence electrons. The van der Waals surface area contributed by atoms with Gasteiger partial charge in [-0.3, -0.25) is 9.17 Å². The summed E-state index contributed by atoms with van der Waals surface area (Å²) in [6.07, 6.45) is 1.76. The number of hydrogen-bond donors (Lipinski definition) is 0. The van der Waals surface area contributed by atoms with Crippen molar-refractivity contribution in [3.63, 3.8) is 0 Å². The summed E-state index contributed by atoms with van der Waals surface area (Å²) >= 11 is 2.10. The summed E-state index contributed by atoms with van der Waals surface area (Å²) in [6, 6.07) is 3.94. The van der Waals surface area contributed by atoms with Gasteiger partial charge in [0, 0.05) is 32.9 Å². The van der Waals surface area contributed by atoms with Crippen molar-refractivity contribution in [2.45, 2.75) is 51.9 Å². The molecule has 0 radical (unpaired) electrons. The number of aromatic nitrogens is 1. The van der Waals surface area contributed by atoms with E-state index < -0.39 is 0 Å². The van der Waals surface area contributed by atoms with E-state index in [0.717, 1.165) is 11.2 Å². The van der Waals surface area contributed by atoms with Crippen molar-refractivity contribution in [3.8, 4) is 0 Å². The second-order valence-corrected chi connectivity index (χ2v) is 7.30. The molecular weight excluding hydrogens is 388 g/mol. The standard InChI is InChI=1S/C13H19BINO3S/c1-9(17-20-15)11-7-6-10(8-16-11)14-18-12(2,3)13(4,5)19-14/h6-9H,1-5H3. The minimum absolute atomic E-state index is 0.0377. The Morgan fingerprint density at radius 2 is 1.85 bits per heavy atom. The molecule has 0 saturated carbocycles. The van der Waals surface area contributed by atoms with E-state index >= 15 is 0 Å². The molecule has 1 saturated heterocycles. The minimum Gasteiger partial charge on any atom is -0.399 e. The van der Waals surface area contributed by atoms with Crippen LogP contribution in [0.5, 0.6) is 0 Å². The summed E-state index contributed by atoms with van der Waals surface area (Å²) in [5.74, 6) is 0. The van der Waals surface area contributed by atoms with Gasteiger partial charge in [-0.25, -0.2) is 0 Å². The fraction of sp³-hybridized carbons (Fsp3) is 0.615. The fourth-order valence-electron chi connectivity index (χ4n) is 1.88. The molecule has 0 bridgehead atoms. The molecule has 1 aromatic rings. The summed E-state index contributed by atoms with van der Waals surface area (Å²) < 4.78 is 17.4. The van der Waals surface area contributed by atoms with Gasteiger partial charge in [-0.15, -0.1) is 0 Å². The van der Waals surface area contributed by atoms with Crippen LogP contribution >= 0.6 is 30.4 Å². The van der Waals surface area contributed by atoms with Crippen LogP contribution in [0.25, 0.3) is 0 Å². The highest BCUT2D eigenvalue weighted by molar-refractivity contribution is 14.2. The number of halogens is 1. The average Bonchev–Trinajstić information content (AvgIpc) is 2.59. The summed E-state index contributed by atoms with van der Waals surface area (Å²) in [6.45, 7) is 10.2. The van der Waals surface area contributed by atoms with Crippen LogP contribution in [0, 0.1) is 0 Å². The highest BCUT2D eigenvalue weighted by Crippen LogP contribution is 2.36. The van der Waals surface area contributed by atoms with Gasteiger partial charge in [0.05, 0.1) is 26.1 Å². The molecule has 1 atom stereocenters. The summed E-state index contributed by atoms with van der Waals surface area (Å²) in [5, 5.41) is 0. The number of rotatable bonds is 4. The molecular formula is C13H19BINO3S. The normalized spacial score (nSPS) is 22.0. The lowest BCUT2D eigenvalue weighted by Crippen LogP contribution is -2.41. The topological polar surface area (TPSA) is 40.6 Å². The molecule has 1 fully saturated rings. The molecule has 1 aliphatic heterocycles. The first-order valence-corrected chi connectivity index (χ1v) is 9.81. The van der Waals surface area contributed by atoms with E-state index in [2.05, 4.69) is 26.2 Å². The van der Waals surface area contributed by atoms with Gasteiger partial charge in [0.2, 0.25) is 0 Å². The SMILES string of the molecule is CC(OSI)c1ccc(B2OC(C)(C)C(C)(C)O2)cn1. The lowest BCUT2D eigenvalue weighted by molar-refractivity contribution is 0.00578. The summed E-state index contributed by atoms with van der Waals surface area (Å²) in [7, 11) is 0.950. The van der Waals surface area contributed by atoms with Crippen molar-refractivity contribution in [1.29, 1.82) is 0 Å². The predicted octanol–water partition coefficient (Wildman–Crippen LogP) is 3.46. The van der Waals surface area contributed by atoms with Crippen molar-refractivity contribution >= 4 is 43.0 Å². The number of nitrogens with zero attached hydrogens (tertiary/aromatic N) is 1. The largest absolute Gasteiger partial charge is 0.496 e. The molecule has 0 aromatic carbocycles. The van der Waals surface area contributed by atoms with Gasteiger partial charge in [0.1, 0.15) is 6.10 Å². The molecule has 1 unspecified atom stereocenters. The number of pyridine rings is 1. The Bertz CT molecular complexity index is 453. The average molecular weight is 407 g/mol. The van der Waals surface area contributed by atoms with Crippen molar-refractivity contribution in [3.05, 3.63) is 24.0 Å². The second-order valence-electron chi connectivity index (χ2n) is 5.91. The molecule has 2 heterocycles. The highest BCUT2D eigenvalue weighted by atomic mass is 127. The minimum atomic E-state index is -0.364. The van der Waals surface area contributed by atoms with Crippen LogP contribution < -0.4 is 5.46 Å². The first-order chi connectivity index (χ1) is 9.27. The van der Waals surface area contributed by atoms with Crippen molar-refractivity contribution in [2.24, 2.45) is 0 Å². The van der Waals surface area contributed by atoms with E-state index in [4.69, 9.17) is 13.5 Å². The molecule has 20 heavy (non-hydrogen) atoms. The molecule has 0 spiro atoms. The van der Waals surface area contributed by atoms with E-state index in [1.807, 2.05) is 46.8 Å². The maximum atomic E-state index is 6.00. The van der Waals surface area contributed by atoms with Gasteiger partial charge in [-0.2, -0.15) is 0 Å². The van der Waals surface area contributed by atoms with Gasteiger partial charge in [0.25, 0.3) is 0 Å². The van der Waals surface area contributed by atoms with Crippen molar-refractivity contribution in [1.82, 2.24) is 4.98 Å². The maximum absolute atomic E-state index is 6.00. The van der Waals surface area contributed by atoms with Gasteiger partial charge in [-0.05, 0) is 40.7 Å². The van der Waals surface area contributed by atoms with E-state index in [-0.39, 0.29) is 24.4 Å². The zero-order valence-electron chi connectivity index (χ0n) is 12.3. The van der Waals surface area contributed by atoms with Crippen LogP contribution in [0.4, 0.5) is 0 Å². The zero-order valence-corrected chi connectivity index (χ0v) is 15.3. The Labute approximate surface area is 137 Å². The molecule has 7 heteroatoms. The Kier molecular flexibility index (Phi) is 5.06. The highest BCUT2D eigenvalue weighted by Gasteiger charge is 2.51. The van der Waals surface area contributed by atoms with Crippen molar-refractivity contribution < 1.29 is 13.5 Å². The van der Waals surface area contributed by atoms with Crippen LogP contribution in [0.2, 0.25) is 0 Å². The molecule has 0 amide bonds. The monoisotopic (exact) mass is 407 g/mol. The van der Waals surface area contributed by atoms with Crippen LogP contribution in [-0.2, 0) is 13.5 Å². The van der Waals surface area contributed by atoms with Gasteiger partial charge >= 0.3 is 7.12 Å². The lowest BCUT2D eigenvalue weighted by atomic mass is 9.80. The van der Waals surface area contributed by atoms with Crippen molar-refractivity contribution in [2.75, 3.05) is 0 Å². The Hall–Kier alpha value is 0.175. The van der Waals surface area contributed by atoms with Crippen LogP contribution in [-0.4, -0.2) is 23.3 Å². The fourth-order valence-corrected chi connectivity index (χ4v) is 3.02. The molecule has 1 aliphatic rings. The zero-order chi connectivity index (χ0) is 15.0. The summed E-state index contributed by atoms with van der Waals surface area (Å²) in [4.78, 5) is 4.44. The molecule has 4 nitrogen and oxygen atoms in total. The smallest absolute Gasteiger partial charge is 0.399 e. The molecule has 2 rings (SSSR count). The molecule has 0 aliphatic carbocycles. The Morgan fingerprint density at radius 3 is 2.30 bits per heavy atom. The van der Waals surface area contributed by atoms with Gasteiger partial charge < -0.3 is 9.31 Å². The Balaban J connectivity index is 2.12. The van der Waals surface area contributed by atoms with Gasteiger partial charge in [0.15, 0.2) is 0 Å². The van der Waals surface area contributed by atoms with E-state index in [0.29, 0.717) is 0 Å². The number of hydrogen-bond acceptors (Lipinski definition) is 5. The third-order valence-electron chi connectivity index (χ3n) is 3.93. The van der Waals surface area contributed by atoms with Gasteiger partial charge in [-0.1, -0.05) is 6.07 Å². The summed E-state index contributed by atoms with van der Waals surface area (Å²) in [5.41, 5.74) is 1.17. The first-order valence-electron chi connectivity index (χ1n) is 6.52. The third-order valence-corrected chi connectivity index (χ3v) is 4.92. The maximum Gasteiger partial charge on any atom is 0.496 e. The van der Waals surface area contributed by atoms with Crippen LogP contribution in [0.1, 0.15) is 46.4 Å². The van der Waals surface area contributed by atoms with E-state index in [1.165, 1.54) is 9.21 Å². The molecule has 1 aromatic heterocycles.